The molecule has 0 fully saturated rings. The molecule has 0 amide bonds. The lowest BCUT2D eigenvalue weighted by molar-refractivity contribution is 0.471. The van der Waals surface area contributed by atoms with Crippen LogP contribution in [0.4, 0.5) is 0 Å². The molecule has 0 aliphatic rings. The van der Waals surface area contributed by atoms with Crippen LogP contribution in [0, 0.1) is 0 Å². The van der Waals surface area contributed by atoms with Crippen molar-refractivity contribution in [3.05, 3.63) is 61.2 Å². The summed E-state index contributed by atoms with van der Waals surface area (Å²) in [6, 6.07) is 8.76. The van der Waals surface area contributed by atoms with E-state index in [4.69, 9.17) is 0 Å². The van der Waals surface area contributed by atoms with Gasteiger partial charge in [0.1, 0.15) is 22.4 Å². The molecule has 2 heterocycles. The van der Waals surface area contributed by atoms with Crippen LogP contribution >= 0.6 is 0 Å². The van der Waals surface area contributed by atoms with Crippen LogP contribution in [0.5, 0.6) is 0 Å². The van der Waals surface area contributed by atoms with Crippen LogP contribution < -0.4 is 0 Å². The van der Waals surface area contributed by atoms with Crippen LogP contribution in [0.15, 0.2) is 71.0 Å². The van der Waals surface area contributed by atoms with E-state index in [9.17, 15) is 51.9 Å². The van der Waals surface area contributed by atoms with Crippen molar-refractivity contribution < 1.29 is 51.9 Å². The number of hydrogen-bond acceptors (Lipinski definition) is 10. The van der Waals surface area contributed by atoms with E-state index in [1.807, 2.05) is 0 Å². The quantitative estimate of drug-likeness (QED) is 0.194. The molecule has 2 aromatic heterocycles. The number of hydrogen-bond donors (Lipinski definition) is 4. The molecule has 16 nitrogen and oxygen atoms in total. The average molecular weight is 631 g/mol. The molecule has 5 rings (SSSR count). The summed E-state index contributed by atoms with van der Waals surface area (Å²) in [6.07, 6.45) is 1.43. The summed E-state index contributed by atoms with van der Waals surface area (Å²) in [7, 11) is -19.7. The second kappa shape index (κ2) is 8.87. The second-order valence-electron chi connectivity index (χ2n) is 8.18. The van der Waals surface area contributed by atoms with Crippen LogP contribution in [0.25, 0.3) is 44.3 Å². The number of nitrogens with zero attached hydrogens (tertiary/aromatic N) is 4. The van der Waals surface area contributed by atoms with Crippen molar-refractivity contribution >= 4 is 62.9 Å². The van der Waals surface area contributed by atoms with E-state index in [-0.39, 0.29) is 38.8 Å². The molecular formula is C20H14N4O12S4. The fourth-order valence-electron chi connectivity index (χ4n) is 4.25. The lowest BCUT2D eigenvalue weighted by atomic mass is 9.98. The minimum Gasteiger partial charge on any atom is -0.282 e. The molecule has 0 atom stereocenters. The van der Waals surface area contributed by atoms with Gasteiger partial charge in [-0.3, -0.25) is 18.2 Å². The van der Waals surface area contributed by atoms with Gasteiger partial charge >= 0.3 is 20.6 Å². The molecule has 3 aromatic carbocycles. The van der Waals surface area contributed by atoms with E-state index in [2.05, 4.69) is 9.97 Å². The lowest BCUT2D eigenvalue weighted by Crippen LogP contribution is -2.11. The largest absolute Gasteiger partial charge is 0.365 e. The molecule has 5 aromatic rings. The topological polar surface area (TPSA) is 253 Å². The highest BCUT2D eigenvalue weighted by molar-refractivity contribution is 7.86. The van der Waals surface area contributed by atoms with E-state index < -0.39 is 56.2 Å². The molecule has 0 bridgehead atoms. The Morgan fingerprint density at radius 2 is 1.02 bits per heavy atom. The molecule has 0 spiro atoms. The summed E-state index contributed by atoms with van der Waals surface area (Å²) in [5.41, 5.74) is -1.69. The Bertz CT molecular complexity index is 2310. The van der Waals surface area contributed by atoms with Crippen molar-refractivity contribution in [2.45, 2.75) is 9.79 Å². The first-order chi connectivity index (χ1) is 18.4. The smallest absolute Gasteiger partial charge is 0.282 e. The zero-order valence-electron chi connectivity index (χ0n) is 19.3. The van der Waals surface area contributed by atoms with E-state index in [1.165, 1.54) is 24.3 Å². The fourth-order valence-corrected chi connectivity index (χ4v) is 6.82. The average Bonchev–Trinajstić information content (AvgIpc) is 3.46. The van der Waals surface area contributed by atoms with Crippen molar-refractivity contribution in [3.63, 3.8) is 0 Å². The van der Waals surface area contributed by atoms with Gasteiger partial charge in [0.05, 0.1) is 22.1 Å². The number of aromatic nitrogens is 4. The van der Waals surface area contributed by atoms with E-state index in [0.29, 0.717) is 14.3 Å². The third kappa shape index (κ3) is 4.65. The van der Waals surface area contributed by atoms with Gasteiger partial charge in [-0.2, -0.15) is 33.7 Å². The molecular weight excluding hydrogens is 617 g/mol. The Balaban J connectivity index is 1.82. The zero-order valence-corrected chi connectivity index (χ0v) is 22.5. The van der Waals surface area contributed by atoms with E-state index in [1.54, 1.807) is 0 Å². The van der Waals surface area contributed by atoms with Crippen LogP contribution in [-0.4, -0.2) is 69.8 Å². The van der Waals surface area contributed by atoms with Crippen molar-refractivity contribution in [2.75, 3.05) is 0 Å². The van der Waals surface area contributed by atoms with Crippen LogP contribution in [0.3, 0.4) is 0 Å². The van der Waals surface area contributed by atoms with Gasteiger partial charge in [0, 0.05) is 11.1 Å². The van der Waals surface area contributed by atoms with Gasteiger partial charge in [-0.15, -0.1) is 0 Å². The van der Waals surface area contributed by atoms with Gasteiger partial charge in [-0.25, -0.2) is 17.9 Å². The molecule has 0 saturated carbocycles. The Morgan fingerprint density at radius 1 is 0.550 bits per heavy atom. The molecule has 20 heteroatoms. The van der Waals surface area contributed by atoms with Gasteiger partial charge in [0.2, 0.25) is 0 Å². The highest BCUT2D eigenvalue weighted by atomic mass is 32.2. The Hall–Kier alpha value is -3.76. The van der Waals surface area contributed by atoms with Crippen molar-refractivity contribution in [1.82, 2.24) is 17.9 Å². The molecule has 4 N–H and O–H groups in total. The SMILES string of the molecule is O=S(=O)(O)c1ccc2c(ncn2S(=O)(=O)O)c1-c1ccc(-c2c(S(=O)(=O)O)ccc3ncn(S(=O)(=O)O)c23)cc1. The highest BCUT2D eigenvalue weighted by Gasteiger charge is 2.27. The van der Waals surface area contributed by atoms with Gasteiger partial charge in [0.15, 0.2) is 0 Å². The number of imidazole rings is 2. The minimum atomic E-state index is -4.98. The summed E-state index contributed by atoms with van der Waals surface area (Å²) in [4.78, 5) is 6.27. The van der Waals surface area contributed by atoms with E-state index in [0.717, 1.165) is 30.6 Å². The van der Waals surface area contributed by atoms with Gasteiger partial charge in [0.25, 0.3) is 20.2 Å². The van der Waals surface area contributed by atoms with E-state index >= 15 is 0 Å². The normalized spacial score (nSPS) is 13.3. The summed E-state index contributed by atoms with van der Waals surface area (Å²) in [5.74, 6) is 0. The third-order valence-electron chi connectivity index (χ3n) is 5.80. The Morgan fingerprint density at radius 3 is 1.55 bits per heavy atom. The van der Waals surface area contributed by atoms with Crippen LogP contribution in [0.1, 0.15) is 0 Å². The zero-order chi connectivity index (χ0) is 29.4. The highest BCUT2D eigenvalue weighted by Crippen LogP contribution is 2.39. The first-order valence-corrected chi connectivity index (χ1v) is 16.1. The number of rotatable bonds is 6. The summed E-state index contributed by atoms with van der Waals surface area (Å²) in [5, 5.41) is 0. The number of fused-ring (bicyclic) bond motifs is 2. The van der Waals surface area contributed by atoms with Crippen molar-refractivity contribution in [2.24, 2.45) is 0 Å². The Kier molecular flexibility index (Phi) is 6.16. The van der Waals surface area contributed by atoms with Gasteiger partial charge in [-0.1, -0.05) is 24.3 Å². The van der Waals surface area contributed by atoms with Crippen LogP contribution in [-0.2, 0) is 40.8 Å². The maximum Gasteiger partial charge on any atom is 0.365 e. The monoisotopic (exact) mass is 630 g/mol. The van der Waals surface area contributed by atoms with Crippen molar-refractivity contribution in [3.8, 4) is 22.3 Å². The second-order valence-corrected chi connectivity index (χ2v) is 13.5. The fraction of sp³-hybridized carbons (Fsp3) is 0. The Labute approximate surface area is 225 Å². The lowest BCUT2D eigenvalue weighted by Gasteiger charge is -2.13. The third-order valence-corrected chi connectivity index (χ3v) is 9.16. The standard InChI is InChI=1S/C20H14N4O12S4/c25-37(26,27)15-8-6-14-19(22-10-23(14)39(31,32)33)17(15)11-1-3-12(4-2-11)18-16(38(28,29)30)7-5-13-20(18)24(9-21-13)40(34,35)36/h1-10H,(H,25,26,27)(H,28,29,30)(H,31,32,33)(H,34,35,36). The van der Waals surface area contributed by atoms with Gasteiger partial charge < -0.3 is 0 Å². The molecule has 0 aliphatic carbocycles. The van der Waals surface area contributed by atoms with Crippen LogP contribution in [0.2, 0.25) is 0 Å². The number of benzene rings is 3. The molecule has 0 saturated heterocycles. The first-order valence-electron chi connectivity index (χ1n) is 10.4. The summed E-state index contributed by atoms with van der Waals surface area (Å²) < 4.78 is 135. The van der Waals surface area contributed by atoms with Crippen molar-refractivity contribution in [1.29, 1.82) is 0 Å². The molecule has 40 heavy (non-hydrogen) atoms. The minimum absolute atomic E-state index is 0.00595. The molecule has 210 valence electrons. The molecule has 0 radical (unpaired) electrons. The summed E-state index contributed by atoms with van der Waals surface area (Å²) >= 11 is 0. The predicted molar refractivity (Wildman–Crippen MR) is 137 cm³/mol. The predicted octanol–water partition coefficient (Wildman–Crippen LogP) is 1.52. The summed E-state index contributed by atoms with van der Waals surface area (Å²) in [6.45, 7) is 0. The first kappa shape index (κ1) is 27.8. The van der Waals surface area contributed by atoms with Gasteiger partial charge in [-0.05, 0) is 35.4 Å². The molecule has 0 aliphatic heterocycles. The molecule has 0 unspecified atom stereocenters. The maximum absolute atomic E-state index is 12.2. The maximum atomic E-state index is 12.2.